The Morgan fingerprint density at radius 3 is 2.38 bits per heavy atom. The summed E-state index contributed by atoms with van der Waals surface area (Å²) in [6.45, 7) is 22.0. The molecule has 0 saturated heterocycles. The van der Waals surface area contributed by atoms with Crippen LogP contribution in [0.5, 0.6) is 0 Å². The molecule has 1 aliphatic rings. The lowest BCUT2D eigenvalue weighted by atomic mass is 10.0. The maximum absolute atomic E-state index is 4.62. The number of aromatic nitrogens is 1. The topological polar surface area (TPSA) is 23.4 Å². The van der Waals surface area contributed by atoms with Crippen LogP contribution >= 0.6 is 0 Å². The Hall–Kier alpha value is -5.54. The fourth-order valence-electron chi connectivity index (χ4n) is 6.34. The van der Waals surface area contributed by atoms with Crippen LogP contribution in [0.1, 0.15) is 31.9 Å². The van der Waals surface area contributed by atoms with Gasteiger partial charge >= 0.3 is 0 Å². The highest BCUT2D eigenvalue weighted by atomic mass is 15.2. The standard InChI is InChI=1S/C44H46N4.C2H6/c1-8-11-13-19-31-47(34(5)26-29-40(45-6)35(10-3)20-12-9-2)43-33(4)25-28-39-38-23-17-18-24-42(38)48(44(39)43)37-27-30-41(46(7)32-37)36-21-15-14-16-22-36;1-2/h8-9,11-30,40,45H,2-3,5,31-32H2,1,4,6-7H3;1-2H3/b11-8-,19-13-,20-12-,29-26-;. The van der Waals surface area contributed by atoms with Crippen LogP contribution in [0.15, 0.2) is 170 Å². The molecule has 0 fully saturated rings. The second kappa shape index (κ2) is 18.3. The predicted octanol–water partition coefficient (Wildman–Crippen LogP) is 11.0. The molecule has 0 bridgehead atoms. The minimum absolute atomic E-state index is 0.0901. The van der Waals surface area contributed by atoms with Crippen molar-refractivity contribution in [1.82, 2.24) is 14.8 Å². The van der Waals surface area contributed by atoms with Crippen LogP contribution in [-0.4, -0.2) is 42.7 Å². The van der Waals surface area contributed by atoms with Crippen LogP contribution in [0.2, 0.25) is 0 Å². The summed E-state index contributed by atoms with van der Waals surface area (Å²) in [4.78, 5) is 4.66. The Bertz CT molecular complexity index is 2040. The van der Waals surface area contributed by atoms with E-state index in [1.807, 2.05) is 46.0 Å². The minimum Gasteiger partial charge on any atom is -0.368 e. The zero-order chi connectivity index (χ0) is 36.0. The number of nitrogens with one attached hydrogen (secondary N) is 1. The molecule has 0 radical (unpaired) electrons. The molecule has 1 aromatic heterocycles. The van der Waals surface area contributed by atoms with Crippen molar-refractivity contribution < 1.29 is 0 Å². The van der Waals surface area contributed by atoms with Gasteiger partial charge in [0, 0.05) is 47.0 Å². The van der Waals surface area contributed by atoms with Crippen LogP contribution in [-0.2, 0) is 0 Å². The third-order valence-corrected chi connectivity index (χ3v) is 8.70. The SMILES string of the molecule is C=C=C(/C=C\C=C)C(/C=C\C(=C)N(C/C=C\C=C/C)c1c(C)ccc2c3ccccc3n(C3=CC=C(c4ccccc4)N(C)C3)c12)NC.CC. The molecule has 0 spiro atoms. The quantitative estimate of drug-likeness (QED) is 0.114. The molecule has 3 aromatic carbocycles. The van der Waals surface area contributed by atoms with E-state index in [-0.39, 0.29) is 6.04 Å². The van der Waals surface area contributed by atoms with Crippen molar-refractivity contribution in [3.8, 4) is 0 Å². The molecule has 2 heterocycles. The monoisotopic (exact) mass is 660 g/mol. The number of aryl methyl sites for hydroxylation is 1. The number of rotatable bonds is 13. The lowest BCUT2D eigenvalue weighted by molar-refractivity contribution is 0.531. The average Bonchev–Trinajstić information content (AvgIpc) is 3.48. The number of nitrogens with zero attached hydrogens (tertiary/aromatic N) is 3. The number of benzene rings is 3. The molecule has 1 atom stereocenters. The zero-order valence-electron chi connectivity index (χ0n) is 30.7. The molecule has 4 nitrogen and oxygen atoms in total. The first-order valence-electron chi connectivity index (χ1n) is 17.4. The van der Waals surface area contributed by atoms with Gasteiger partial charge in [-0.05, 0) is 62.4 Å². The van der Waals surface area contributed by atoms with Gasteiger partial charge in [-0.2, -0.15) is 0 Å². The van der Waals surface area contributed by atoms with Crippen LogP contribution in [0.4, 0.5) is 5.69 Å². The van der Waals surface area contributed by atoms with Crippen molar-refractivity contribution in [1.29, 1.82) is 0 Å². The van der Waals surface area contributed by atoms with Gasteiger partial charge in [-0.3, -0.25) is 0 Å². The van der Waals surface area contributed by atoms with Crippen molar-refractivity contribution in [2.45, 2.75) is 33.7 Å². The summed E-state index contributed by atoms with van der Waals surface area (Å²) >= 11 is 0. The summed E-state index contributed by atoms with van der Waals surface area (Å²) in [5.74, 6) is 0. The van der Waals surface area contributed by atoms with Crippen molar-refractivity contribution in [3.63, 3.8) is 0 Å². The Balaban J connectivity index is 0.00000276. The summed E-state index contributed by atoms with van der Waals surface area (Å²) in [7, 11) is 4.11. The van der Waals surface area contributed by atoms with Crippen molar-refractivity contribution in [2.75, 3.05) is 32.1 Å². The highest BCUT2D eigenvalue weighted by molar-refractivity contribution is 6.15. The molecule has 1 N–H and O–H groups in total. The third-order valence-electron chi connectivity index (χ3n) is 8.70. The fraction of sp³-hybridized carbons (Fsp3) is 0.196. The Kier molecular flexibility index (Phi) is 13.6. The Morgan fingerprint density at radius 1 is 0.960 bits per heavy atom. The first-order valence-corrected chi connectivity index (χ1v) is 17.4. The molecule has 0 saturated carbocycles. The van der Waals surface area contributed by atoms with E-state index in [1.165, 1.54) is 44.3 Å². The smallest absolute Gasteiger partial charge is 0.0779 e. The van der Waals surface area contributed by atoms with E-state index in [4.69, 9.17) is 0 Å². The van der Waals surface area contributed by atoms with E-state index in [2.05, 4.69) is 168 Å². The number of hydrogen-bond donors (Lipinski definition) is 1. The second-order valence-electron chi connectivity index (χ2n) is 11.8. The molecule has 1 aliphatic heterocycles. The molecule has 256 valence electrons. The summed E-state index contributed by atoms with van der Waals surface area (Å²) in [6.07, 6.45) is 22.7. The Morgan fingerprint density at radius 2 is 1.70 bits per heavy atom. The number of allylic oxidation sites excluding steroid dienone is 8. The van der Waals surface area contributed by atoms with Crippen LogP contribution < -0.4 is 10.2 Å². The molecule has 0 aliphatic carbocycles. The maximum Gasteiger partial charge on any atom is 0.0779 e. The minimum atomic E-state index is -0.0901. The second-order valence-corrected chi connectivity index (χ2v) is 11.8. The maximum atomic E-state index is 4.62. The summed E-state index contributed by atoms with van der Waals surface area (Å²) in [5.41, 5.74) is 13.2. The summed E-state index contributed by atoms with van der Waals surface area (Å²) in [5, 5.41) is 5.81. The van der Waals surface area contributed by atoms with Gasteiger partial charge in [-0.1, -0.05) is 137 Å². The largest absolute Gasteiger partial charge is 0.368 e. The van der Waals surface area contributed by atoms with E-state index < -0.39 is 0 Å². The molecular weight excluding hydrogens is 609 g/mol. The van der Waals surface area contributed by atoms with Gasteiger partial charge in [0.1, 0.15) is 0 Å². The molecule has 5 rings (SSSR count). The van der Waals surface area contributed by atoms with Crippen molar-refractivity contribution in [3.05, 3.63) is 181 Å². The van der Waals surface area contributed by atoms with E-state index in [0.717, 1.165) is 23.5 Å². The predicted molar refractivity (Wildman–Crippen MR) is 221 cm³/mol. The van der Waals surface area contributed by atoms with Gasteiger partial charge in [0.15, 0.2) is 0 Å². The highest BCUT2D eigenvalue weighted by Crippen LogP contribution is 2.41. The lowest BCUT2D eigenvalue weighted by Gasteiger charge is -2.31. The molecular formula is C46H52N4. The van der Waals surface area contributed by atoms with E-state index >= 15 is 0 Å². The van der Waals surface area contributed by atoms with Gasteiger partial charge in [-0.15, -0.1) is 5.73 Å². The average molecular weight is 661 g/mol. The summed E-state index contributed by atoms with van der Waals surface area (Å²) < 4.78 is 2.45. The van der Waals surface area contributed by atoms with Crippen molar-refractivity contribution in [2.24, 2.45) is 0 Å². The number of fused-ring (bicyclic) bond motifs is 3. The third kappa shape index (κ3) is 8.18. The molecule has 50 heavy (non-hydrogen) atoms. The first kappa shape index (κ1) is 37.3. The van der Waals surface area contributed by atoms with Crippen LogP contribution in [0.25, 0.3) is 33.2 Å². The number of anilines is 1. The Labute approximate surface area is 300 Å². The van der Waals surface area contributed by atoms with Gasteiger partial charge in [0.25, 0.3) is 0 Å². The van der Waals surface area contributed by atoms with E-state index in [9.17, 15) is 0 Å². The van der Waals surface area contributed by atoms with Crippen LogP contribution in [0.3, 0.4) is 0 Å². The zero-order valence-corrected chi connectivity index (χ0v) is 30.7. The van der Waals surface area contributed by atoms with Crippen LogP contribution in [0, 0.1) is 6.92 Å². The van der Waals surface area contributed by atoms with Gasteiger partial charge in [-0.25, -0.2) is 0 Å². The number of para-hydroxylation sites is 1. The highest BCUT2D eigenvalue weighted by Gasteiger charge is 2.24. The van der Waals surface area contributed by atoms with E-state index in [0.29, 0.717) is 6.54 Å². The molecule has 1 unspecified atom stereocenters. The normalized spacial score (nSPS) is 13.8. The number of likely N-dealkylation sites (N-methyl/N-ethyl adjacent to an activating group) is 2. The van der Waals surface area contributed by atoms with E-state index in [1.54, 1.807) is 6.08 Å². The van der Waals surface area contributed by atoms with Gasteiger partial charge in [0.05, 0.1) is 29.3 Å². The molecule has 0 amide bonds. The summed E-state index contributed by atoms with van der Waals surface area (Å²) in [6, 6.07) is 23.7. The molecule has 4 heteroatoms. The van der Waals surface area contributed by atoms with Gasteiger partial charge in [0.2, 0.25) is 0 Å². The van der Waals surface area contributed by atoms with Gasteiger partial charge < -0.3 is 19.7 Å². The first-order chi connectivity index (χ1) is 24.4. The van der Waals surface area contributed by atoms with Crippen molar-refractivity contribution >= 4 is 38.9 Å². The molecule has 4 aromatic rings. The number of hydrogen-bond acceptors (Lipinski definition) is 3. The lowest BCUT2D eigenvalue weighted by Crippen LogP contribution is -2.26. The fourth-order valence-corrected chi connectivity index (χ4v) is 6.34.